The molecule has 3 nitrogen and oxygen atoms in total. The lowest BCUT2D eigenvalue weighted by atomic mass is 10.1. The molecule has 0 saturated carbocycles. The Morgan fingerprint density at radius 1 is 1.30 bits per heavy atom. The van der Waals surface area contributed by atoms with E-state index in [2.05, 4.69) is 5.10 Å². The molecule has 0 fully saturated rings. The van der Waals surface area contributed by atoms with E-state index < -0.39 is 11.7 Å². The molecule has 0 aliphatic heterocycles. The van der Waals surface area contributed by atoms with Gasteiger partial charge in [0.05, 0.1) is 18.0 Å². The van der Waals surface area contributed by atoms with E-state index in [-0.39, 0.29) is 17.2 Å². The van der Waals surface area contributed by atoms with E-state index in [1.807, 2.05) is 6.92 Å². The molecular formula is C13H12ClF3N2O. The summed E-state index contributed by atoms with van der Waals surface area (Å²) in [5.74, 6) is 0.281. The Hall–Kier alpha value is -1.69. The second kappa shape index (κ2) is 5.75. The minimum absolute atomic E-state index is 0.0239. The van der Waals surface area contributed by atoms with Gasteiger partial charge in [-0.1, -0.05) is 6.07 Å². The summed E-state index contributed by atoms with van der Waals surface area (Å²) in [6.45, 7) is 2.55. The highest BCUT2D eigenvalue weighted by Crippen LogP contribution is 2.36. The van der Waals surface area contributed by atoms with E-state index in [1.54, 1.807) is 10.9 Å². The largest absolute Gasteiger partial charge is 0.454 e. The predicted molar refractivity (Wildman–Crippen MR) is 69.0 cm³/mol. The van der Waals surface area contributed by atoms with Crippen molar-refractivity contribution >= 4 is 11.6 Å². The van der Waals surface area contributed by atoms with E-state index in [4.69, 9.17) is 16.3 Å². The molecule has 0 radical (unpaired) electrons. The van der Waals surface area contributed by atoms with Gasteiger partial charge in [0, 0.05) is 12.4 Å². The van der Waals surface area contributed by atoms with Gasteiger partial charge in [0.1, 0.15) is 5.75 Å². The Morgan fingerprint density at radius 3 is 2.60 bits per heavy atom. The van der Waals surface area contributed by atoms with Crippen molar-refractivity contribution in [3.63, 3.8) is 0 Å². The SMILES string of the molecule is CCn1cc(Oc2ccc(CCl)c(C(F)(F)F)c2)cn1. The van der Waals surface area contributed by atoms with E-state index in [1.165, 1.54) is 18.3 Å². The summed E-state index contributed by atoms with van der Waals surface area (Å²) in [5.41, 5.74) is -0.761. The van der Waals surface area contributed by atoms with Gasteiger partial charge in [-0.2, -0.15) is 18.3 Å². The summed E-state index contributed by atoms with van der Waals surface area (Å²) in [5, 5.41) is 3.98. The topological polar surface area (TPSA) is 27.1 Å². The maximum Gasteiger partial charge on any atom is 0.416 e. The van der Waals surface area contributed by atoms with Crippen molar-refractivity contribution in [2.75, 3.05) is 0 Å². The average molecular weight is 305 g/mol. The standard InChI is InChI=1S/C13H12ClF3N2O/c1-2-19-8-11(7-18-19)20-10-4-3-9(6-14)12(5-10)13(15,16)17/h3-5,7-8H,2,6H2,1H3. The van der Waals surface area contributed by atoms with E-state index in [9.17, 15) is 13.2 Å². The molecule has 20 heavy (non-hydrogen) atoms. The van der Waals surface area contributed by atoms with E-state index >= 15 is 0 Å². The summed E-state index contributed by atoms with van der Waals surface area (Å²) in [6, 6.07) is 3.71. The fourth-order valence-electron chi connectivity index (χ4n) is 1.71. The van der Waals surface area contributed by atoms with Gasteiger partial charge >= 0.3 is 6.18 Å². The maximum atomic E-state index is 12.9. The Labute approximate surface area is 118 Å². The summed E-state index contributed by atoms with van der Waals surface area (Å²) < 4.78 is 45.6. The third kappa shape index (κ3) is 3.25. The normalized spacial score (nSPS) is 11.7. The summed E-state index contributed by atoms with van der Waals surface area (Å²) >= 11 is 5.52. The van der Waals surface area contributed by atoms with Crippen LogP contribution >= 0.6 is 11.6 Å². The van der Waals surface area contributed by atoms with Crippen molar-refractivity contribution in [2.24, 2.45) is 0 Å². The number of rotatable bonds is 4. The molecule has 0 amide bonds. The van der Waals surface area contributed by atoms with Gasteiger partial charge < -0.3 is 4.74 Å². The van der Waals surface area contributed by atoms with Gasteiger partial charge in [-0.25, -0.2) is 0 Å². The van der Waals surface area contributed by atoms with Crippen molar-refractivity contribution in [3.8, 4) is 11.5 Å². The minimum Gasteiger partial charge on any atom is -0.454 e. The molecular weight excluding hydrogens is 293 g/mol. The molecule has 0 N–H and O–H groups in total. The first-order valence-electron chi connectivity index (χ1n) is 5.90. The highest BCUT2D eigenvalue weighted by atomic mass is 35.5. The van der Waals surface area contributed by atoms with E-state index in [0.29, 0.717) is 12.3 Å². The van der Waals surface area contributed by atoms with Gasteiger partial charge in [-0.3, -0.25) is 4.68 Å². The first-order valence-corrected chi connectivity index (χ1v) is 6.44. The molecule has 108 valence electrons. The molecule has 1 aromatic carbocycles. The molecule has 0 aliphatic carbocycles. The summed E-state index contributed by atoms with van der Waals surface area (Å²) in [6.07, 6.45) is -1.40. The molecule has 7 heteroatoms. The minimum atomic E-state index is -4.46. The molecule has 0 unspecified atom stereocenters. The third-order valence-corrected chi connectivity index (χ3v) is 2.99. The number of aromatic nitrogens is 2. The Morgan fingerprint density at radius 2 is 2.05 bits per heavy atom. The van der Waals surface area contributed by atoms with Crippen molar-refractivity contribution in [3.05, 3.63) is 41.7 Å². The van der Waals surface area contributed by atoms with Gasteiger partial charge in [-0.05, 0) is 24.6 Å². The third-order valence-electron chi connectivity index (χ3n) is 2.70. The molecule has 2 aromatic rings. The lowest BCUT2D eigenvalue weighted by Crippen LogP contribution is -2.08. The van der Waals surface area contributed by atoms with Crippen LogP contribution in [0.1, 0.15) is 18.1 Å². The number of hydrogen-bond acceptors (Lipinski definition) is 2. The monoisotopic (exact) mass is 304 g/mol. The summed E-state index contributed by atoms with van der Waals surface area (Å²) in [7, 11) is 0. The lowest BCUT2D eigenvalue weighted by molar-refractivity contribution is -0.138. The number of halogens is 4. The fraction of sp³-hybridized carbons (Fsp3) is 0.308. The molecule has 0 saturated heterocycles. The highest BCUT2D eigenvalue weighted by Gasteiger charge is 2.33. The Bertz CT molecular complexity index is 596. The Kier molecular flexibility index (Phi) is 4.23. The molecule has 2 rings (SSSR count). The number of ether oxygens (including phenoxy) is 1. The fourth-order valence-corrected chi connectivity index (χ4v) is 1.94. The molecule has 0 spiro atoms. The zero-order valence-electron chi connectivity index (χ0n) is 10.6. The lowest BCUT2D eigenvalue weighted by Gasteiger charge is -2.13. The van der Waals surface area contributed by atoms with Crippen LogP contribution in [0.4, 0.5) is 13.2 Å². The average Bonchev–Trinajstić information content (AvgIpc) is 2.85. The first kappa shape index (κ1) is 14.7. The van der Waals surface area contributed by atoms with Gasteiger partial charge in [0.25, 0.3) is 0 Å². The van der Waals surface area contributed by atoms with Crippen LogP contribution in [-0.4, -0.2) is 9.78 Å². The van der Waals surface area contributed by atoms with Crippen LogP contribution in [0.25, 0.3) is 0 Å². The van der Waals surface area contributed by atoms with Crippen molar-refractivity contribution < 1.29 is 17.9 Å². The number of benzene rings is 1. The van der Waals surface area contributed by atoms with Crippen LogP contribution in [0, 0.1) is 0 Å². The van der Waals surface area contributed by atoms with Crippen LogP contribution in [0.5, 0.6) is 11.5 Å². The van der Waals surface area contributed by atoms with Crippen LogP contribution in [-0.2, 0) is 18.6 Å². The second-order valence-corrected chi connectivity index (χ2v) is 4.35. The van der Waals surface area contributed by atoms with Crippen molar-refractivity contribution in [1.29, 1.82) is 0 Å². The second-order valence-electron chi connectivity index (χ2n) is 4.08. The molecule has 0 atom stereocenters. The smallest absolute Gasteiger partial charge is 0.416 e. The molecule has 0 bridgehead atoms. The van der Waals surface area contributed by atoms with E-state index in [0.717, 1.165) is 6.07 Å². The number of aryl methyl sites for hydroxylation is 1. The number of alkyl halides is 4. The predicted octanol–water partition coefficient (Wildman–Crippen LogP) is 4.45. The molecule has 0 aliphatic rings. The number of nitrogens with zero attached hydrogens (tertiary/aromatic N) is 2. The van der Waals surface area contributed by atoms with Crippen molar-refractivity contribution in [2.45, 2.75) is 25.5 Å². The summed E-state index contributed by atoms with van der Waals surface area (Å²) in [4.78, 5) is 0. The zero-order valence-corrected chi connectivity index (χ0v) is 11.4. The highest BCUT2D eigenvalue weighted by molar-refractivity contribution is 6.17. The molecule has 1 heterocycles. The maximum absolute atomic E-state index is 12.9. The van der Waals surface area contributed by atoms with Crippen LogP contribution in [0.3, 0.4) is 0 Å². The van der Waals surface area contributed by atoms with Gasteiger partial charge in [0.2, 0.25) is 0 Å². The molecule has 1 aromatic heterocycles. The first-order chi connectivity index (χ1) is 9.44. The van der Waals surface area contributed by atoms with Crippen LogP contribution in [0.2, 0.25) is 0 Å². The quantitative estimate of drug-likeness (QED) is 0.780. The zero-order chi connectivity index (χ0) is 14.8. The van der Waals surface area contributed by atoms with Gasteiger partial charge in [0.15, 0.2) is 5.75 Å². The Balaban J connectivity index is 2.29. The number of hydrogen-bond donors (Lipinski definition) is 0. The van der Waals surface area contributed by atoms with Crippen LogP contribution < -0.4 is 4.74 Å². The van der Waals surface area contributed by atoms with Crippen molar-refractivity contribution in [1.82, 2.24) is 9.78 Å². The van der Waals surface area contributed by atoms with Crippen LogP contribution in [0.15, 0.2) is 30.6 Å². The van der Waals surface area contributed by atoms with Gasteiger partial charge in [-0.15, -0.1) is 11.6 Å².